The van der Waals surface area contributed by atoms with Gasteiger partial charge in [-0.2, -0.15) is 0 Å². The zero-order valence-corrected chi connectivity index (χ0v) is 18.0. The zero-order valence-electron chi connectivity index (χ0n) is 17.1. The number of hydrogen-bond donors (Lipinski definition) is 3. The molecule has 29 heavy (non-hydrogen) atoms. The number of imidazole rings is 1. The molecule has 0 bridgehead atoms. The van der Waals surface area contributed by atoms with Crippen molar-refractivity contribution in [1.82, 2.24) is 19.5 Å². The van der Waals surface area contributed by atoms with Crippen LogP contribution >= 0.6 is 8.03 Å². The van der Waals surface area contributed by atoms with Gasteiger partial charge in [-0.25, -0.2) is 15.0 Å². The minimum atomic E-state index is -1.79. The monoisotopic (exact) mass is 426 g/mol. The molecule has 6 atom stereocenters. The fraction of sp³-hybridized carbons (Fsp3) is 0.722. The summed E-state index contributed by atoms with van der Waals surface area (Å²) in [5, 5.41) is 24.2. The van der Waals surface area contributed by atoms with Crippen molar-refractivity contribution in [2.24, 2.45) is 0 Å². The summed E-state index contributed by atoms with van der Waals surface area (Å²) in [6.45, 7) is 5.73. The molecule has 1 aliphatic rings. The first-order valence-electron chi connectivity index (χ1n) is 9.84. The average Bonchev–Trinajstić information content (AvgIpc) is 3.24. The normalized spacial score (nSPS) is 27.2. The van der Waals surface area contributed by atoms with Gasteiger partial charge in [-0.05, 0) is 24.3 Å². The molecule has 1 saturated heterocycles. The third-order valence-electron chi connectivity index (χ3n) is 5.32. The van der Waals surface area contributed by atoms with Crippen molar-refractivity contribution < 1.29 is 24.0 Å². The highest BCUT2D eigenvalue weighted by Gasteiger charge is 2.48. The first-order chi connectivity index (χ1) is 13.8. The number of anilines is 1. The highest BCUT2D eigenvalue weighted by Crippen LogP contribution is 2.40. The summed E-state index contributed by atoms with van der Waals surface area (Å²) in [7, 11) is -0.0527. The molecule has 0 spiro atoms. The van der Waals surface area contributed by atoms with E-state index >= 15 is 0 Å². The predicted molar refractivity (Wildman–Crippen MR) is 108 cm³/mol. The number of aromatic nitrogens is 4. The third kappa shape index (κ3) is 4.41. The van der Waals surface area contributed by atoms with Gasteiger partial charge in [0.1, 0.15) is 29.7 Å². The van der Waals surface area contributed by atoms with E-state index in [2.05, 4.69) is 20.3 Å². The van der Waals surface area contributed by atoms with Gasteiger partial charge in [0.05, 0.1) is 12.4 Å². The smallest absolute Gasteiger partial charge is 0.388 e. The van der Waals surface area contributed by atoms with Gasteiger partial charge >= 0.3 is 8.03 Å². The van der Waals surface area contributed by atoms with E-state index in [0.717, 1.165) is 6.42 Å². The van der Waals surface area contributed by atoms with Crippen LogP contribution in [0.25, 0.3) is 11.2 Å². The lowest BCUT2D eigenvalue weighted by Gasteiger charge is -2.26. The van der Waals surface area contributed by atoms with Crippen LogP contribution in [0.4, 0.5) is 5.82 Å². The van der Waals surface area contributed by atoms with E-state index in [0.29, 0.717) is 36.0 Å². The number of ether oxygens (including phenoxy) is 1. The number of hydrogen-bond acceptors (Lipinski definition) is 9. The van der Waals surface area contributed by atoms with Gasteiger partial charge in [-0.1, -0.05) is 13.8 Å². The molecule has 0 aromatic carbocycles. The molecule has 0 amide bonds. The number of fused-ring (bicyclic) bond motifs is 1. The van der Waals surface area contributed by atoms with E-state index in [1.54, 1.807) is 11.6 Å². The standard InChI is InChI=1S/C18H29N5O5P/c1-5-7-29(26)28-18(3,6-2)8-11-13(24)14(25)17(27-11)23-10-22-12-15(19-4)20-9-21-16(12)23/h9-11,13-14,17,24-25H,5-8H2,1-4H3,(H,19,20,21)/q+1/t11-,13-,14-,17?,18+/m1/s1. The molecule has 1 aliphatic heterocycles. The molecule has 0 saturated carbocycles. The number of nitrogens with one attached hydrogen (secondary N) is 1. The molecule has 0 radical (unpaired) electrons. The lowest BCUT2D eigenvalue weighted by Crippen LogP contribution is -2.38. The number of rotatable bonds is 9. The highest BCUT2D eigenvalue weighted by atomic mass is 31.1. The number of aliphatic hydroxyl groups is 2. The molecule has 10 nitrogen and oxygen atoms in total. The van der Waals surface area contributed by atoms with Gasteiger partial charge in [0.15, 0.2) is 23.9 Å². The summed E-state index contributed by atoms with van der Waals surface area (Å²) in [6, 6.07) is 0. The van der Waals surface area contributed by atoms with Crippen LogP contribution in [-0.2, 0) is 13.8 Å². The summed E-state index contributed by atoms with van der Waals surface area (Å²) in [5.41, 5.74) is 0.297. The van der Waals surface area contributed by atoms with E-state index < -0.39 is 38.2 Å². The van der Waals surface area contributed by atoms with E-state index in [4.69, 9.17) is 9.26 Å². The van der Waals surface area contributed by atoms with Crippen molar-refractivity contribution in [2.75, 3.05) is 18.5 Å². The van der Waals surface area contributed by atoms with Gasteiger partial charge < -0.3 is 20.3 Å². The minimum absolute atomic E-state index is 0.298. The van der Waals surface area contributed by atoms with E-state index in [1.165, 1.54) is 12.7 Å². The fourth-order valence-corrected chi connectivity index (χ4v) is 4.65. The molecule has 11 heteroatoms. The number of aliphatic hydroxyl groups excluding tert-OH is 2. The minimum Gasteiger partial charge on any atom is -0.388 e. The van der Waals surface area contributed by atoms with Crippen molar-refractivity contribution in [3.63, 3.8) is 0 Å². The molecule has 0 aliphatic carbocycles. The van der Waals surface area contributed by atoms with E-state index in [9.17, 15) is 14.8 Å². The van der Waals surface area contributed by atoms with Crippen LogP contribution in [0, 0.1) is 0 Å². The molecule has 3 heterocycles. The van der Waals surface area contributed by atoms with Gasteiger partial charge in [-0.3, -0.25) is 4.57 Å². The molecule has 3 N–H and O–H groups in total. The maximum absolute atomic E-state index is 12.1. The Bertz CT molecular complexity index is 864. The zero-order chi connectivity index (χ0) is 21.2. The van der Waals surface area contributed by atoms with Crippen LogP contribution in [0.15, 0.2) is 12.7 Å². The van der Waals surface area contributed by atoms with Crippen molar-refractivity contribution in [3.8, 4) is 0 Å². The average molecular weight is 426 g/mol. The Kier molecular flexibility index (Phi) is 6.80. The first kappa shape index (κ1) is 22.0. The van der Waals surface area contributed by atoms with Crippen LogP contribution in [-0.4, -0.2) is 66.9 Å². The van der Waals surface area contributed by atoms with Crippen molar-refractivity contribution in [2.45, 2.75) is 70.2 Å². The third-order valence-corrected chi connectivity index (χ3v) is 6.77. The Labute approximate surface area is 170 Å². The summed E-state index contributed by atoms with van der Waals surface area (Å²) in [5.74, 6) is 0.560. The van der Waals surface area contributed by atoms with Gasteiger partial charge in [0.25, 0.3) is 0 Å². The topological polar surface area (TPSA) is 132 Å². The molecule has 2 aromatic rings. The Hall–Kier alpha value is -1.71. The molecule has 3 rings (SSSR count). The fourth-order valence-electron chi connectivity index (χ4n) is 3.49. The maximum atomic E-state index is 12.1. The second-order valence-corrected chi connectivity index (χ2v) is 8.79. The molecule has 2 aromatic heterocycles. The van der Waals surface area contributed by atoms with E-state index in [-0.39, 0.29) is 0 Å². The van der Waals surface area contributed by atoms with Gasteiger partial charge in [0.2, 0.25) is 0 Å². The quantitative estimate of drug-likeness (QED) is 0.516. The molecule has 1 fully saturated rings. The second-order valence-electron chi connectivity index (χ2n) is 7.50. The Balaban J connectivity index is 1.81. The SMILES string of the molecule is CCC[P+](=O)O[C@@](C)(CC)C[C@H]1OC(n2cnc3c(NC)ncnc32)[C@H](O)[C@@H]1O. The Morgan fingerprint density at radius 2 is 2.07 bits per heavy atom. The van der Waals surface area contributed by atoms with Crippen molar-refractivity contribution >= 4 is 25.0 Å². The predicted octanol–water partition coefficient (Wildman–Crippen LogP) is 2.22. The van der Waals surface area contributed by atoms with Crippen LogP contribution < -0.4 is 5.32 Å². The van der Waals surface area contributed by atoms with Crippen LogP contribution in [0.1, 0.15) is 46.3 Å². The lowest BCUT2D eigenvalue weighted by molar-refractivity contribution is -0.0620. The first-order valence-corrected chi connectivity index (χ1v) is 11.2. The molecule has 2 unspecified atom stereocenters. The molecular formula is C18H29N5O5P+. The summed E-state index contributed by atoms with van der Waals surface area (Å²) in [4.78, 5) is 12.7. The Morgan fingerprint density at radius 3 is 2.72 bits per heavy atom. The van der Waals surface area contributed by atoms with Gasteiger partial charge in [-0.15, -0.1) is 4.52 Å². The highest BCUT2D eigenvalue weighted by molar-refractivity contribution is 7.39. The lowest BCUT2D eigenvalue weighted by atomic mass is 9.93. The molecular weight excluding hydrogens is 397 g/mol. The van der Waals surface area contributed by atoms with Gasteiger partial charge in [0, 0.05) is 13.5 Å². The largest absolute Gasteiger partial charge is 0.508 e. The summed E-state index contributed by atoms with van der Waals surface area (Å²) < 4.78 is 25.5. The Morgan fingerprint density at radius 1 is 1.31 bits per heavy atom. The van der Waals surface area contributed by atoms with Crippen molar-refractivity contribution in [1.29, 1.82) is 0 Å². The summed E-state index contributed by atoms with van der Waals surface area (Å²) in [6.07, 6.45) is 1.21. The van der Waals surface area contributed by atoms with Crippen LogP contribution in [0.3, 0.4) is 0 Å². The number of nitrogens with zero attached hydrogens (tertiary/aromatic N) is 4. The second kappa shape index (κ2) is 8.97. The van der Waals surface area contributed by atoms with Crippen LogP contribution in [0.2, 0.25) is 0 Å². The summed E-state index contributed by atoms with van der Waals surface area (Å²) >= 11 is 0. The van der Waals surface area contributed by atoms with Crippen molar-refractivity contribution in [3.05, 3.63) is 12.7 Å². The maximum Gasteiger partial charge on any atom is 0.508 e. The van der Waals surface area contributed by atoms with E-state index in [1.807, 2.05) is 20.8 Å². The van der Waals surface area contributed by atoms with Crippen LogP contribution in [0.5, 0.6) is 0 Å². The molecule has 160 valence electrons.